The predicted molar refractivity (Wildman–Crippen MR) is 155 cm³/mol. The summed E-state index contributed by atoms with van der Waals surface area (Å²) >= 11 is 0. The number of hydrogen-bond donors (Lipinski definition) is 0. The third kappa shape index (κ3) is 5.82. The lowest BCUT2D eigenvalue weighted by atomic mass is 9.88. The molecule has 0 radical (unpaired) electrons. The molecule has 5 rings (SSSR count). The highest BCUT2D eigenvalue weighted by atomic mass is 16.2. The van der Waals surface area contributed by atoms with Crippen LogP contribution in [0.15, 0.2) is 95.1 Å². The minimum Gasteiger partial charge on any atom is -0.334 e. The van der Waals surface area contributed by atoms with Gasteiger partial charge in [0, 0.05) is 26.2 Å². The molecule has 1 fully saturated rings. The van der Waals surface area contributed by atoms with Crippen LogP contribution in [0.3, 0.4) is 0 Å². The summed E-state index contributed by atoms with van der Waals surface area (Å²) in [6.07, 6.45) is 9.01. The Morgan fingerprint density at radius 2 is 0.950 bits per heavy atom. The van der Waals surface area contributed by atoms with Gasteiger partial charge in [0.15, 0.2) is 0 Å². The van der Waals surface area contributed by atoms with Crippen molar-refractivity contribution in [3.63, 3.8) is 0 Å². The van der Waals surface area contributed by atoms with Gasteiger partial charge in [0.1, 0.15) is 23.3 Å². The molecule has 0 bridgehead atoms. The van der Waals surface area contributed by atoms with E-state index < -0.39 is 0 Å². The van der Waals surface area contributed by atoms with Crippen LogP contribution < -0.4 is 0 Å². The smallest absolute Gasteiger partial charge is 0.264 e. The van der Waals surface area contributed by atoms with Gasteiger partial charge in [0.05, 0.1) is 0 Å². The summed E-state index contributed by atoms with van der Waals surface area (Å²) in [6, 6.07) is 24.5. The minimum absolute atomic E-state index is 0.188. The molecule has 0 atom stereocenters. The normalized spacial score (nSPS) is 19.9. The number of rotatable bonds is 4. The summed E-state index contributed by atoms with van der Waals surface area (Å²) in [5.74, 6) is -0.562. The molecule has 1 heterocycles. The van der Waals surface area contributed by atoms with E-state index in [1.807, 2.05) is 48.6 Å². The Kier molecular flexibility index (Phi) is 8.38. The molecule has 2 aliphatic carbocycles. The number of benzene rings is 2. The zero-order valence-corrected chi connectivity index (χ0v) is 22.6. The third-order valence-corrected chi connectivity index (χ3v) is 7.92. The molecule has 0 spiro atoms. The summed E-state index contributed by atoms with van der Waals surface area (Å²) in [7, 11) is 0. The van der Waals surface area contributed by atoms with E-state index >= 15 is 0 Å². The Hall–Kier alpha value is -4.68. The molecular weight excluding hydrogens is 496 g/mol. The van der Waals surface area contributed by atoms with Crippen LogP contribution in [-0.2, 0) is 9.59 Å². The molecule has 2 aromatic carbocycles. The molecule has 2 aromatic rings. The Labute approximate surface area is 235 Å². The van der Waals surface area contributed by atoms with Gasteiger partial charge < -0.3 is 9.80 Å². The molecule has 0 unspecified atom stereocenters. The van der Waals surface area contributed by atoms with E-state index in [-0.39, 0.29) is 23.0 Å². The number of carbonyl (C=O) groups is 2. The lowest BCUT2D eigenvalue weighted by molar-refractivity contribution is -0.134. The van der Waals surface area contributed by atoms with Crippen LogP contribution in [0.4, 0.5) is 0 Å². The highest BCUT2D eigenvalue weighted by Gasteiger charge is 2.30. The van der Waals surface area contributed by atoms with Gasteiger partial charge >= 0.3 is 0 Å². The number of hydrogen-bond acceptors (Lipinski definition) is 4. The molecule has 3 aliphatic rings. The fourth-order valence-corrected chi connectivity index (χ4v) is 5.74. The van der Waals surface area contributed by atoms with E-state index in [1.54, 1.807) is 9.80 Å². The van der Waals surface area contributed by atoms with Crippen molar-refractivity contribution in [1.29, 1.82) is 10.5 Å². The van der Waals surface area contributed by atoms with Crippen LogP contribution in [-0.4, -0.2) is 47.8 Å². The van der Waals surface area contributed by atoms with Crippen molar-refractivity contribution in [3.05, 3.63) is 106 Å². The monoisotopic (exact) mass is 528 g/mol. The number of allylic oxidation sites excluding steroid dienone is 6. The van der Waals surface area contributed by atoms with Gasteiger partial charge in [0.25, 0.3) is 11.8 Å². The van der Waals surface area contributed by atoms with Crippen molar-refractivity contribution >= 4 is 23.0 Å². The molecule has 0 aromatic heterocycles. The summed E-state index contributed by atoms with van der Waals surface area (Å²) in [4.78, 5) is 30.1. The van der Waals surface area contributed by atoms with Gasteiger partial charge in [-0.05, 0) is 71.9 Å². The van der Waals surface area contributed by atoms with Crippen LogP contribution in [0.5, 0.6) is 0 Å². The average Bonchev–Trinajstić information content (AvgIpc) is 3.03. The van der Waals surface area contributed by atoms with E-state index in [1.165, 1.54) is 0 Å². The second kappa shape index (κ2) is 12.5. The third-order valence-electron chi connectivity index (χ3n) is 7.92. The predicted octanol–water partition coefficient (Wildman–Crippen LogP) is 5.83. The fraction of sp³-hybridized carbons (Fsp3) is 0.294. The molecule has 40 heavy (non-hydrogen) atoms. The molecule has 6 heteroatoms. The lowest BCUT2D eigenvalue weighted by Gasteiger charge is -2.35. The van der Waals surface area contributed by atoms with Crippen molar-refractivity contribution in [3.8, 4) is 12.1 Å². The van der Waals surface area contributed by atoms with E-state index in [0.29, 0.717) is 39.0 Å². The van der Waals surface area contributed by atoms with Crippen molar-refractivity contribution in [2.45, 2.75) is 38.5 Å². The highest BCUT2D eigenvalue weighted by molar-refractivity contribution is 6.01. The molecular formula is C34H32N4O2. The van der Waals surface area contributed by atoms with E-state index in [9.17, 15) is 20.1 Å². The number of nitrogens with zero attached hydrogens (tertiary/aromatic N) is 4. The quantitative estimate of drug-likeness (QED) is 0.369. The average molecular weight is 529 g/mol. The van der Waals surface area contributed by atoms with Crippen molar-refractivity contribution < 1.29 is 9.59 Å². The van der Waals surface area contributed by atoms with Crippen LogP contribution in [0.25, 0.3) is 11.1 Å². The van der Waals surface area contributed by atoms with Crippen LogP contribution in [0.1, 0.15) is 49.7 Å². The van der Waals surface area contributed by atoms with E-state index in [2.05, 4.69) is 36.4 Å². The van der Waals surface area contributed by atoms with E-state index in [4.69, 9.17) is 0 Å². The molecule has 0 saturated carbocycles. The maximum Gasteiger partial charge on any atom is 0.264 e. The van der Waals surface area contributed by atoms with Crippen LogP contribution in [0, 0.1) is 22.7 Å². The largest absolute Gasteiger partial charge is 0.334 e. The number of amides is 2. The minimum atomic E-state index is -0.281. The molecule has 0 N–H and O–H groups in total. The zero-order valence-electron chi connectivity index (χ0n) is 22.6. The Balaban J connectivity index is 1.29. The Morgan fingerprint density at radius 3 is 1.30 bits per heavy atom. The number of piperazine rings is 1. The molecule has 2 amide bonds. The standard InChI is InChI=1S/C34H32N4O2/c35-23-31(29-15-7-13-27(21-29)25-9-3-1-4-10-25)33(39)37-17-19-38(20-18-37)34(40)32(24-36)30-16-8-14-28(22-30)26-11-5-2-6-12-26/h1-6,9-12,21-22H,7-8,13-20H2/b31-29+,32-30+. The van der Waals surface area contributed by atoms with Crippen molar-refractivity contribution in [1.82, 2.24) is 9.80 Å². The topological polar surface area (TPSA) is 88.2 Å². The van der Waals surface area contributed by atoms with E-state index in [0.717, 1.165) is 59.1 Å². The second-order valence-corrected chi connectivity index (χ2v) is 10.4. The van der Waals surface area contributed by atoms with Crippen molar-refractivity contribution in [2.75, 3.05) is 26.2 Å². The molecule has 1 aliphatic heterocycles. The zero-order chi connectivity index (χ0) is 27.9. The van der Waals surface area contributed by atoms with Gasteiger partial charge in [-0.25, -0.2) is 0 Å². The number of nitriles is 2. The van der Waals surface area contributed by atoms with Gasteiger partial charge in [0.2, 0.25) is 0 Å². The Morgan fingerprint density at radius 1 is 0.575 bits per heavy atom. The first-order valence-electron chi connectivity index (χ1n) is 14.0. The summed E-state index contributed by atoms with van der Waals surface area (Å²) < 4.78 is 0. The summed E-state index contributed by atoms with van der Waals surface area (Å²) in [5, 5.41) is 19.9. The summed E-state index contributed by atoms with van der Waals surface area (Å²) in [5.41, 5.74) is 6.45. The van der Waals surface area contributed by atoms with Crippen molar-refractivity contribution in [2.24, 2.45) is 0 Å². The first-order valence-corrected chi connectivity index (χ1v) is 14.0. The molecule has 1 saturated heterocycles. The second-order valence-electron chi connectivity index (χ2n) is 10.4. The Bertz CT molecular complexity index is 1380. The SMILES string of the molecule is N#C/C(C(=O)N1CCN(C(=O)/C(C#N)=C2/C=C(c3ccccc3)CCC2)CC1)=C1\C=C(c2ccccc2)CCC1. The first kappa shape index (κ1) is 26.9. The van der Waals surface area contributed by atoms with Crippen LogP contribution in [0.2, 0.25) is 0 Å². The van der Waals surface area contributed by atoms with Gasteiger partial charge in [-0.3, -0.25) is 9.59 Å². The lowest BCUT2D eigenvalue weighted by Crippen LogP contribution is -2.51. The molecule has 200 valence electrons. The fourth-order valence-electron chi connectivity index (χ4n) is 5.74. The molecule has 6 nitrogen and oxygen atoms in total. The van der Waals surface area contributed by atoms with Gasteiger partial charge in [-0.1, -0.05) is 72.8 Å². The maximum atomic E-state index is 13.4. The van der Waals surface area contributed by atoms with Gasteiger partial charge in [-0.2, -0.15) is 10.5 Å². The van der Waals surface area contributed by atoms with Crippen LogP contribution >= 0.6 is 0 Å². The number of carbonyl (C=O) groups excluding carboxylic acids is 2. The highest BCUT2D eigenvalue weighted by Crippen LogP contribution is 2.33. The van der Waals surface area contributed by atoms with Gasteiger partial charge in [-0.15, -0.1) is 0 Å². The summed E-state index contributed by atoms with van der Waals surface area (Å²) in [6.45, 7) is 1.32. The maximum absolute atomic E-state index is 13.4. The first-order chi connectivity index (χ1) is 19.6.